The summed E-state index contributed by atoms with van der Waals surface area (Å²) < 4.78 is 68.7. The largest absolute Gasteiger partial charge is 0.508 e. The third-order valence-electron chi connectivity index (χ3n) is 5.90. The molecule has 0 aliphatic rings. The number of benzene rings is 4. The topological polar surface area (TPSA) is 175 Å². The molecule has 0 bridgehead atoms. The van der Waals surface area contributed by atoms with Gasteiger partial charge in [0.05, 0.1) is 25.7 Å². The second kappa shape index (κ2) is 12.2. The van der Waals surface area contributed by atoms with E-state index < -0.39 is 19.7 Å². The van der Waals surface area contributed by atoms with E-state index in [1.54, 1.807) is 13.8 Å². The van der Waals surface area contributed by atoms with Crippen LogP contribution in [0.5, 0.6) is 41.0 Å². The molecular weight excluding hydrogens is 610 g/mol. The van der Waals surface area contributed by atoms with E-state index in [9.17, 15) is 27.0 Å². The molecule has 0 fully saturated rings. The van der Waals surface area contributed by atoms with E-state index >= 15 is 0 Å². The monoisotopic (exact) mass is 635 g/mol. The molecule has 2 N–H and O–H groups in total. The molecule has 14 heteroatoms. The summed E-state index contributed by atoms with van der Waals surface area (Å²) in [5.41, 5.74) is 0. The molecule has 0 aliphatic carbocycles. The molecule has 0 amide bonds. The molecule has 0 saturated heterocycles. The third kappa shape index (κ3) is 6.88. The van der Waals surface area contributed by atoms with Crippen molar-refractivity contribution in [1.82, 2.24) is 15.0 Å². The van der Waals surface area contributed by atoms with E-state index in [4.69, 9.17) is 14.2 Å². The van der Waals surface area contributed by atoms with Gasteiger partial charge in [-0.2, -0.15) is 0 Å². The van der Waals surface area contributed by atoms with Crippen molar-refractivity contribution in [3.63, 3.8) is 0 Å². The first-order valence-electron chi connectivity index (χ1n) is 13.0. The lowest BCUT2D eigenvalue weighted by Crippen LogP contribution is -2.10. The second-order valence-electron chi connectivity index (χ2n) is 9.49. The highest BCUT2D eigenvalue weighted by Crippen LogP contribution is 2.29. The molecule has 0 saturated carbocycles. The Morgan fingerprint density at radius 1 is 0.500 bits per heavy atom. The van der Waals surface area contributed by atoms with Crippen LogP contribution >= 0.6 is 0 Å². The summed E-state index contributed by atoms with van der Waals surface area (Å²) in [7, 11) is -7.67. The summed E-state index contributed by atoms with van der Waals surface area (Å²) >= 11 is 0. The number of sulfone groups is 2. The van der Waals surface area contributed by atoms with Gasteiger partial charge in [0.1, 0.15) is 23.0 Å². The number of hydrogen-bond donors (Lipinski definition) is 2. The van der Waals surface area contributed by atoms with E-state index in [0.717, 1.165) is 0 Å². The Bertz CT molecular complexity index is 1840. The van der Waals surface area contributed by atoms with Crippen molar-refractivity contribution in [3.05, 3.63) is 97.1 Å². The molecule has 0 atom stereocenters. The molecule has 12 nitrogen and oxygen atoms in total. The molecule has 0 spiro atoms. The summed E-state index contributed by atoms with van der Waals surface area (Å²) in [6.07, 6.45) is -0.299. The van der Waals surface area contributed by atoms with Gasteiger partial charge in [0.25, 0.3) is 0 Å². The van der Waals surface area contributed by atoms with Crippen molar-refractivity contribution >= 4 is 19.7 Å². The van der Waals surface area contributed by atoms with E-state index in [-0.39, 0.29) is 66.7 Å². The zero-order valence-electron chi connectivity index (χ0n) is 23.2. The summed E-state index contributed by atoms with van der Waals surface area (Å²) in [6, 6.07) is 21.0. The average Bonchev–Trinajstić information content (AvgIpc) is 2.98. The molecule has 4 aromatic carbocycles. The lowest BCUT2D eigenvalue weighted by molar-refractivity contribution is 0.214. The zero-order valence-corrected chi connectivity index (χ0v) is 24.9. The quantitative estimate of drug-likeness (QED) is 0.202. The molecule has 0 radical (unpaired) electrons. The molecule has 44 heavy (non-hydrogen) atoms. The normalized spacial score (nSPS) is 11.7. The Hall–Kier alpha value is -5.21. The number of hydrogen-bond acceptors (Lipinski definition) is 12. The Morgan fingerprint density at radius 3 is 1.11 bits per heavy atom. The Kier molecular flexibility index (Phi) is 8.38. The molecular formula is C30H25N3O9S2. The number of aromatic hydroxyl groups is 2. The molecule has 1 heterocycles. The average molecular weight is 636 g/mol. The van der Waals surface area contributed by atoms with Gasteiger partial charge in [0, 0.05) is 0 Å². The summed E-state index contributed by atoms with van der Waals surface area (Å²) in [5.74, 6) is 0.326. The third-order valence-corrected chi connectivity index (χ3v) is 9.47. The Morgan fingerprint density at radius 2 is 0.795 bits per heavy atom. The van der Waals surface area contributed by atoms with Crippen LogP contribution in [0.2, 0.25) is 0 Å². The lowest BCUT2D eigenvalue weighted by atomic mass is 10.3. The van der Waals surface area contributed by atoms with Crippen LogP contribution in [0.25, 0.3) is 0 Å². The molecule has 5 aromatic rings. The van der Waals surface area contributed by atoms with Gasteiger partial charge in [0.15, 0.2) is 0 Å². The minimum atomic E-state index is -3.83. The smallest absolute Gasteiger partial charge is 0.331 e. The SMILES string of the molecule is CC(C)Oc1nc(Oc2ccc(S(=O)(=O)c3ccc(O)cc3)cc2)nc(Oc2ccc(S(=O)(=O)c3ccc(O)cc3)cc2)n1. The number of rotatable bonds is 10. The number of ether oxygens (including phenoxy) is 3. The van der Waals surface area contributed by atoms with Crippen molar-refractivity contribution in [2.24, 2.45) is 0 Å². The van der Waals surface area contributed by atoms with Crippen LogP contribution in [-0.2, 0) is 19.7 Å². The highest BCUT2D eigenvalue weighted by molar-refractivity contribution is 7.91. The predicted octanol–water partition coefficient (Wildman–Crippen LogP) is 5.32. The van der Waals surface area contributed by atoms with Crippen LogP contribution < -0.4 is 14.2 Å². The van der Waals surface area contributed by atoms with Crippen LogP contribution in [0.15, 0.2) is 117 Å². The predicted molar refractivity (Wildman–Crippen MR) is 156 cm³/mol. The minimum Gasteiger partial charge on any atom is -0.508 e. The van der Waals surface area contributed by atoms with Crippen LogP contribution in [0.3, 0.4) is 0 Å². The zero-order chi connectivity index (χ0) is 31.5. The van der Waals surface area contributed by atoms with Crippen molar-refractivity contribution in [3.8, 4) is 41.0 Å². The standard InChI is InChI=1S/C30H25N3O9S2/c1-19(2)40-28-31-29(41-22-7-15-26(16-8-22)43(36,37)24-11-3-20(34)4-12-24)33-30(32-28)42-23-9-17-27(18-10-23)44(38,39)25-13-5-21(35)6-14-25/h3-19,34-35H,1-2H3. The highest BCUT2D eigenvalue weighted by Gasteiger charge is 2.20. The van der Waals surface area contributed by atoms with Crippen molar-refractivity contribution in [2.45, 2.75) is 39.5 Å². The van der Waals surface area contributed by atoms with Gasteiger partial charge < -0.3 is 24.4 Å². The van der Waals surface area contributed by atoms with Crippen molar-refractivity contribution < 1.29 is 41.3 Å². The maximum atomic E-state index is 12.9. The van der Waals surface area contributed by atoms with Gasteiger partial charge in [-0.15, -0.1) is 15.0 Å². The van der Waals surface area contributed by atoms with Crippen molar-refractivity contribution in [2.75, 3.05) is 0 Å². The Labute approximate surface area is 253 Å². The molecule has 1 aromatic heterocycles. The summed E-state index contributed by atoms with van der Waals surface area (Å²) in [4.78, 5) is 12.5. The molecule has 226 valence electrons. The fourth-order valence-corrected chi connectivity index (χ4v) is 6.30. The van der Waals surface area contributed by atoms with E-state index in [2.05, 4.69) is 15.0 Å². The number of aromatic nitrogens is 3. The number of phenols is 2. The van der Waals surface area contributed by atoms with Gasteiger partial charge in [-0.25, -0.2) is 16.8 Å². The highest BCUT2D eigenvalue weighted by atomic mass is 32.2. The first kappa shape index (κ1) is 30.3. The van der Waals surface area contributed by atoms with Crippen LogP contribution in [0, 0.1) is 0 Å². The summed E-state index contributed by atoms with van der Waals surface area (Å²) in [5, 5.41) is 18.9. The van der Waals surface area contributed by atoms with E-state index in [0.29, 0.717) is 0 Å². The maximum absolute atomic E-state index is 12.9. The first-order valence-corrected chi connectivity index (χ1v) is 15.9. The fraction of sp³-hybridized carbons (Fsp3) is 0.100. The Balaban J connectivity index is 1.36. The van der Waals surface area contributed by atoms with Crippen LogP contribution in [-0.4, -0.2) is 48.1 Å². The summed E-state index contributed by atoms with van der Waals surface area (Å²) in [6.45, 7) is 3.54. The van der Waals surface area contributed by atoms with E-state index in [1.165, 1.54) is 97.1 Å². The van der Waals surface area contributed by atoms with Gasteiger partial charge in [0.2, 0.25) is 19.7 Å². The second-order valence-corrected chi connectivity index (χ2v) is 13.4. The maximum Gasteiger partial charge on any atom is 0.331 e. The fourth-order valence-electron chi connectivity index (χ4n) is 3.78. The van der Waals surface area contributed by atoms with Gasteiger partial charge in [-0.05, 0) is 111 Å². The van der Waals surface area contributed by atoms with Crippen LogP contribution in [0.1, 0.15) is 13.8 Å². The molecule has 5 rings (SSSR count). The molecule has 0 aliphatic heterocycles. The van der Waals surface area contributed by atoms with E-state index in [1.807, 2.05) is 0 Å². The molecule has 0 unspecified atom stereocenters. The van der Waals surface area contributed by atoms with Gasteiger partial charge in [-0.3, -0.25) is 0 Å². The van der Waals surface area contributed by atoms with Gasteiger partial charge in [-0.1, -0.05) is 0 Å². The minimum absolute atomic E-state index is 0.00918. The number of nitrogens with zero attached hydrogens (tertiary/aromatic N) is 3. The lowest BCUT2D eigenvalue weighted by Gasteiger charge is -2.12. The first-order chi connectivity index (χ1) is 20.9. The van der Waals surface area contributed by atoms with Gasteiger partial charge >= 0.3 is 18.0 Å². The van der Waals surface area contributed by atoms with Crippen molar-refractivity contribution in [1.29, 1.82) is 0 Å². The van der Waals surface area contributed by atoms with Crippen LogP contribution in [0.4, 0.5) is 0 Å². The number of phenolic OH excluding ortho intramolecular Hbond substituents is 2.